The molecule has 3 heterocycles. The molecule has 1 atom stereocenters. The van der Waals surface area contributed by atoms with Crippen LogP contribution in [-0.2, 0) is 25.7 Å². The Kier molecular flexibility index (Phi) is 7.34. The summed E-state index contributed by atoms with van der Waals surface area (Å²) >= 11 is 0.775. The number of fused-ring (bicyclic) bond motifs is 2. The van der Waals surface area contributed by atoms with Crippen molar-refractivity contribution in [2.24, 2.45) is 0 Å². The predicted molar refractivity (Wildman–Crippen MR) is 146 cm³/mol. The molecule has 1 N–H and O–H groups in total. The van der Waals surface area contributed by atoms with E-state index in [9.17, 15) is 19.2 Å². The quantitative estimate of drug-likeness (QED) is 0.318. The van der Waals surface area contributed by atoms with Gasteiger partial charge in [0.05, 0.1) is 11.0 Å². The van der Waals surface area contributed by atoms with E-state index in [1.54, 1.807) is 31.2 Å². The lowest BCUT2D eigenvalue weighted by atomic mass is 10.1. The van der Waals surface area contributed by atoms with Crippen LogP contribution >= 0.6 is 11.8 Å². The number of esters is 1. The van der Waals surface area contributed by atoms with Gasteiger partial charge in [0.2, 0.25) is 12.7 Å². The lowest BCUT2D eigenvalue weighted by molar-refractivity contribution is -0.150. The maximum absolute atomic E-state index is 13.0. The van der Waals surface area contributed by atoms with E-state index in [0.29, 0.717) is 29.2 Å². The van der Waals surface area contributed by atoms with Crippen molar-refractivity contribution in [3.8, 4) is 11.5 Å². The normalized spacial score (nSPS) is 16.3. The number of carbonyl (C=O) groups excluding carboxylic acids is 4. The van der Waals surface area contributed by atoms with E-state index in [4.69, 9.17) is 14.2 Å². The van der Waals surface area contributed by atoms with E-state index < -0.39 is 23.7 Å². The molecule has 202 valence electrons. The van der Waals surface area contributed by atoms with Gasteiger partial charge < -0.3 is 24.1 Å². The third-order valence-corrected chi connectivity index (χ3v) is 7.49. The summed E-state index contributed by atoms with van der Waals surface area (Å²) in [6.45, 7) is 5.21. The Balaban J connectivity index is 1.38. The number of ether oxygens (including phenoxy) is 3. The summed E-state index contributed by atoms with van der Waals surface area (Å²) in [4.78, 5) is 51.9. The van der Waals surface area contributed by atoms with Crippen LogP contribution in [0.3, 0.4) is 0 Å². The number of thioether (sulfide) groups is 1. The number of imide groups is 1. The van der Waals surface area contributed by atoms with Gasteiger partial charge in [-0.05, 0) is 56.3 Å². The van der Waals surface area contributed by atoms with E-state index in [0.717, 1.165) is 33.3 Å². The van der Waals surface area contributed by atoms with Gasteiger partial charge in [-0.25, -0.2) is 0 Å². The van der Waals surface area contributed by atoms with Gasteiger partial charge in [0.15, 0.2) is 11.5 Å². The van der Waals surface area contributed by atoms with Crippen LogP contribution in [0.4, 0.5) is 10.5 Å². The highest BCUT2D eigenvalue weighted by atomic mass is 32.2. The first-order valence-electron chi connectivity index (χ1n) is 12.5. The molecule has 0 saturated carbocycles. The largest absolute Gasteiger partial charge is 0.461 e. The highest BCUT2D eigenvalue weighted by Gasteiger charge is 2.37. The molecule has 3 amide bonds. The summed E-state index contributed by atoms with van der Waals surface area (Å²) in [5.41, 5.74) is 2.85. The SMILES string of the molecule is CC[C@H](C)OC(=O)CN1C(=O)S/C(=C\c2c(C)n(CC(=O)Nc3ccc4c(c3)OCO4)c3ccccc23)C1=O. The molecule has 5 rings (SSSR count). The lowest BCUT2D eigenvalue weighted by Crippen LogP contribution is -2.35. The fourth-order valence-corrected chi connectivity index (χ4v) is 5.22. The number of anilines is 1. The predicted octanol–water partition coefficient (Wildman–Crippen LogP) is 4.70. The zero-order valence-corrected chi connectivity index (χ0v) is 22.5. The summed E-state index contributed by atoms with van der Waals surface area (Å²) < 4.78 is 17.8. The van der Waals surface area contributed by atoms with Crippen molar-refractivity contribution in [1.82, 2.24) is 9.47 Å². The molecular formula is C28H27N3O7S. The van der Waals surface area contributed by atoms with E-state index in [-0.39, 0.29) is 30.3 Å². The topological polar surface area (TPSA) is 116 Å². The average molecular weight is 550 g/mol. The number of nitrogens with zero attached hydrogens (tertiary/aromatic N) is 2. The zero-order valence-electron chi connectivity index (χ0n) is 21.7. The van der Waals surface area contributed by atoms with Gasteiger partial charge in [-0.15, -0.1) is 0 Å². The van der Waals surface area contributed by atoms with Crippen LogP contribution in [0.2, 0.25) is 0 Å². The minimum Gasteiger partial charge on any atom is -0.461 e. The minimum absolute atomic E-state index is 0.0254. The highest BCUT2D eigenvalue weighted by Crippen LogP contribution is 2.36. The fraction of sp³-hybridized carbons (Fsp3) is 0.286. The molecule has 1 fully saturated rings. The highest BCUT2D eigenvalue weighted by molar-refractivity contribution is 8.18. The van der Waals surface area contributed by atoms with Crippen LogP contribution in [0.5, 0.6) is 11.5 Å². The van der Waals surface area contributed by atoms with Crippen molar-refractivity contribution >= 4 is 57.5 Å². The number of carbonyl (C=O) groups is 4. The molecule has 0 aliphatic carbocycles. The first kappa shape index (κ1) is 26.4. The van der Waals surface area contributed by atoms with Crippen molar-refractivity contribution in [3.63, 3.8) is 0 Å². The summed E-state index contributed by atoms with van der Waals surface area (Å²) in [5, 5.41) is 3.18. The van der Waals surface area contributed by atoms with Crippen LogP contribution in [0, 0.1) is 6.92 Å². The molecule has 2 aliphatic rings. The molecule has 1 aromatic heterocycles. The third-order valence-electron chi connectivity index (χ3n) is 6.58. The number of para-hydroxylation sites is 1. The van der Waals surface area contributed by atoms with Gasteiger partial charge in [-0.3, -0.25) is 24.1 Å². The van der Waals surface area contributed by atoms with Gasteiger partial charge in [-0.2, -0.15) is 0 Å². The number of rotatable bonds is 8. The summed E-state index contributed by atoms with van der Waals surface area (Å²) in [6, 6.07) is 12.7. The van der Waals surface area contributed by atoms with E-state index in [1.807, 2.05) is 42.7 Å². The van der Waals surface area contributed by atoms with Crippen molar-refractivity contribution in [1.29, 1.82) is 0 Å². The van der Waals surface area contributed by atoms with Crippen molar-refractivity contribution < 1.29 is 33.4 Å². The second-order valence-corrected chi connectivity index (χ2v) is 10.2. The molecule has 3 aromatic rings. The van der Waals surface area contributed by atoms with Gasteiger partial charge in [0.1, 0.15) is 13.1 Å². The molecule has 2 aromatic carbocycles. The van der Waals surface area contributed by atoms with Crippen molar-refractivity contribution in [2.75, 3.05) is 18.7 Å². The Morgan fingerprint density at radius 1 is 1.13 bits per heavy atom. The number of aromatic nitrogens is 1. The maximum Gasteiger partial charge on any atom is 0.326 e. The number of hydrogen-bond acceptors (Lipinski definition) is 8. The van der Waals surface area contributed by atoms with Crippen LogP contribution in [-0.4, -0.2) is 51.9 Å². The molecule has 1 saturated heterocycles. The molecule has 10 nitrogen and oxygen atoms in total. The standard InChI is InChI=1S/C28H27N3O7S/c1-4-16(2)38-26(33)14-31-27(34)24(39-28(31)35)12-20-17(3)30(21-8-6-5-7-19(20)21)13-25(32)29-18-9-10-22-23(11-18)37-15-36-22/h5-12,16H,4,13-15H2,1-3H3,(H,29,32)/b24-12-/t16-/m0/s1. The monoisotopic (exact) mass is 549 g/mol. The van der Waals surface area contributed by atoms with Gasteiger partial charge in [0.25, 0.3) is 11.1 Å². The molecule has 2 aliphatic heterocycles. The summed E-state index contributed by atoms with van der Waals surface area (Å²) in [5.74, 6) is -0.233. The van der Waals surface area contributed by atoms with Gasteiger partial charge >= 0.3 is 5.97 Å². The number of nitrogens with one attached hydrogen (secondary N) is 1. The average Bonchev–Trinajstić information content (AvgIpc) is 3.56. The number of benzene rings is 2. The van der Waals surface area contributed by atoms with Crippen molar-refractivity contribution in [3.05, 3.63) is 58.6 Å². The Morgan fingerprint density at radius 3 is 2.69 bits per heavy atom. The number of amides is 3. The Labute approximate surface area is 228 Å². The molecule has 39 heavy (non-hydrogen) atoms. The zero-order chi connectivity index (χ0) is 27.7. The second kappa shape index (κ2) is 10.9. The summed E-state index contributed by atoms with van der Waals surface area (Å²) in [6.07, 6.45) is 1.98. The minimum atomic E-state index is -0.630. The Morgan fingerprint density at radius 2 is 1.90 bits per heavy atom. The van der Waals surface area contributed by atoms with E-state index >= 15 is 0 Å². The first-order chi connectivity index (χ1) is 18.7. The van der Waals surface area contributed by atoms with Gasteiger partial charge in [-0.1, -0.05) is 25.1 Å². The summed E-state index contributed by atoms with van der Waals surface area (Å²) in [7, 11) is 0. The third kappa shape index (κ3) is 5.35. The molecule has 0 radical (unpaired) electrons. The first-order valence-corrected chi connectivity index (χ1v) is 13.3. The second-order valence-electron chi connectivity index (χ2n) is 9.20. The molecule has 0 bridgehead atoms. The number of hydrogen-bond donors (Lipinski definition) is 1. The van der Waals surface area contributed by atoms with E-state index in [2.05, 4.69) is 5.32 Å². The maximum atomic E-state index is 13.0. The molecule has 0 spiro atoms. The van der Waals surface area contributed by atoms with E-state index in [1.165, 1.54) is 0 Å². The van der Waals surface area contributed by atoms with Crippen LogP contribution in [0.1, 0.15) is 31.5 Å². The molecule has 0 unspecified atom stereocenters. The Bertz CT molecular complexity index is 1530. The smallest absolute Gasteiger partial charge is 0.326 e. The van der Waals surface area contributed by atoms with Crippen molar-refractivity contribution in [2.45, 2.75) is 39.8 Å². The van der Waals surface area contributed by atoms with Gasteiger partial charge in [0, 0.05) is 33.9 Å². The lowest BCUT2D eigenvalue weighted by Gasteiger charge is -2.14. The van der Waals surface area contributed by atoms with Crippen LogP contribution < -0.4 is 14.8 Å². The Hall–Kier alpha value is -4.25. The van der Waals surface area contributed by atoms with Crippen LogP contribution in [0.15, 0.2) is 47.4 Å². The fourth-order valence-electron chi connectivity index (χ4n) is 4.40. The molecule has 11 heteroatoms. The molecular weight excluding hydrogens is 522 g/mol. The van der Waals surface area contributed by atoms with Crippen LogP contribution in [0.25, 0.3) is 17.0 Å².